The number of nitrogens with one attached hydrogen (secondary N) is 5. The van der Waals surface area contributed by atoms with Gasteiger partial charge in [0.1, 0.15) is 12.0 Å². The molecule has 240 valence electrons. The number of aromatic amines is 1. The van der Waals surface area contributed by atoms with Crippen molar-refractivity contribution >= 4 is 40.7 Å². The number of urea groups is 1. The molecule has 7 N–H and O–H groups in total. The maximum Gasteiger partial charge on any atom is 0.332 e. The number of imidazole rings is 1. The molecule has 0 radical (unpaired) electrons. The van der Waals surface area contributed by atoms with Gasteiger partial charge in [-0.3, -0.25) is 14.4 Å². The fourth-order valence-electron chi connectivity index (χ4n) is 5.14. The first-order valence-corrected chi connectivity index (χ1v) is 15.1. The van der Waals surface area contributed by atoms with Crippen LogP contribution in [0.2, 0.25) is 0 Å². The number of primary amides is 1. The monoisotopic (exact) mass is 624 g/mol. The number of hydrogen-bond donors (Lipinski definition) is 6. The SMILES string of the molecule is CC(C)C[C@@H](C=NNC(N)=O)NC(=O)[C@H](Cc1cnc[nH]1)NC(=O)C(Cc1ccccc1)C(=O)NCc1cccc2ccccc12. The lowest BCUT2D eigenvalue weighted by atomic mass is 9.96. The van der Waals surface area contributed by atoms with Crippen LogP contribution >= 0.6 is 0 Å². The molecule has 1 unspecified atom stereocenters. The minimum Gasteiger partial charge on any atom is -0.351 e. The van der Waals surface area contributed by atoms with E-state index in [2.05, 4.69) is 36.4 Å². The average molecular weight is 625 g/mol. The van der Waals surface area contributed by atoms with Crippen LogP contribution in [0, 0.1) is 11.8 Å². The minimum absolute atomic E-state index is 0.0956. The molecule has 3 aromatic carbocycles. The highest BCUT2D eigenvalue weighted by atomic mass is 16.2. The Bertz CT molecular complexity index is 1630. The van der Waals surface area contributed by atoms with Crippen molar-refractivity contribution in [1.82, 2.24) is 31.3 Å². The smallest absolute Gasteiger partial charge is 0.332 e. The molecule has 0 spiro atoms. The quantitative estimate of drug-likeness (QED) is 0.0674. The number of benzene rings is 3. The number of nitrogens with zero attached hydrogens (tertiary/aromatic N) is 2. The Morgan fingerprint density at radius 2 is 1.63 bits per heavy atom. The largest absolute Gasteiger partial charge is 0.351 e. The second kappa shape index (κ2) is 16.5. The predicted octanol–water partition coefficient (Wildman–Crippen LogP) is 2.95. The van der Waals surface area contributed by atoms with Crippen LogP contribution in [-0.4, -0.2) is 52.0 Å². The fourth-order valence-corrected chi connectivity index (χ4v) is 5.14. The van der Waals surface area contributed by atoms with Crippen LogP contribution in [0.25, 0.3) is 10.8 Å². The van der Waals surface area contributed by atoms with Crippen LogP contribution < -0.4 is 27.1 Å². The summed E-state index contributed by atoms with van der Waals surface area (Å²) in [6, 6.07) is 20.6. The van der Waals surface area contributed by atoms with Gasteiger partial charge in [0.05, 0.1) is 12.4 Å². The van der Waals surface area contributed by atoms with Gasteiger partial charge in [0.15, 0.2) is 0 Å². The van der Waals surface area contributed by atoms with Gasteiger partial charge in [0.2, 0.25) is 17.7 Å². The predicted molar refractivity (Wildman–Crippen MR) is 176 cm³/mol. The number of amides is 5. The zero-order valence-electron chi connectivity index (χ0n) is 25.9. The van der Waals surface area contributed by atoms with Crippen molar-refractivity contribution in [2.24, 2.45) is 22.7 Å². The highest BCUT2D eigenvalue weighted by Crippen LogP contribution is 2.19. The Kier molecular flexibility index (Phi) is 12.0. The molecule has 4 rings (SSSR count). The molecule has 1 heterocycles. The van der Waals surface area contributed by atoms with Crippen LogP contribution in [0.3, 0.4) is 0 Å². The van der Waals surface area contributed by atoms with Gasteiger partial charge in [-0.2, -0.15) is 5.10 Å². The summed E-state index contributed by atoms with van der Waals surface area (Å²) in [4.78, 5) is 59.3. The number of nitrogens with two attached hydrogens (primary N) is 1. The van der Waals surface area contributed by atoms with E-state index in [-0.39, 0.29) is 25.3 Å². The summed E-state index contributed by atoms with van der Waals surface area (Å²) in [5.41, 5.74) is 9.58. The molecule has 0 saturated carbocycles. The number of hydrogen-bond acceptors (Lipinski definition) is 6. The lowest BCUT2D eigenvalue weighted by Gasteiger charge is -2.24. The first kappa shape index (κ1) is 33.4. The maximum absolute atomic E-state index is 13.9. The Hall–Kier alpha value is -5.52. The molecule has 0 bridgehead atoms. The van der Waals surface area contributed by atoms with Gasteiger partial charge in [0, 0.05) is 31.1 Å². The van der Waals surface area contributed by atoms with E-state index in [1.165, 1.54) is 12.5 Å². The van der Waals surface area contributed by atoms with E-state index < -0.39 is 41.8 Å². The molecule has 46 heavy (non-hydrogen) atoms. The van der Waals surface area contributed by atoms with Crippen molar-refractivity contribution in [3.05, 3.63) is 102 Å². The van der Waals surface area contributed by atoms with E-state index in [1.807, 2.05) is 86.6 Å². The molecule has 4 aromatic rings. The number of rotatable bonds is 15. The summed E-state index contributed by atoms with van der Waals surface area (Å²) in [5, 5.41) is 14.5. The van der Waals surface area contributed by atoms with Gasteiger partial charge < -0.3 is 26.7 Å². The zero-order chi connectivity index (χ0) is 32.9. The molecule has 0 saturated heterocycles. The fraction of sp³-hybridized carbons (Fsp3) is 0.294. The maximum atomic E-state index is 13.9. The number of carbonyl (C=O) groups is 4. The van der Waals surface area contributed by atoms with Crippen molar-refractivity contribution in [3.63, 3.8) is 0 Å². The zero-order valence-corrected chi connectivity index (χ0v) is 25.9. The van der Waals surface area contributed by atoms with Gasteiger partial charge in [0.25, 0.3) is 0 Å². The van der Waals surface area contributed by atoms with Gasteiger partial charge in [-0.05, 0) is 40.7 Å². The average Bonchev–Trinajstić information content (AvgIpc) is 3.55. The summed E-state index contributed by atoms with van der Waals surface area (Å²) >= 11 is 0. The summed E-state index contributed by atoms with van der Waals surface area (Å²) in [7, 11) is 0. The standard InChI is InChI=1S/C34H40N8O4/c1-22(2)15-27(20-39-42-34(35)46)40-33(45)30(17-26-19-36-21-38-26)41-32(44)29(16-23-9-4-3-5-10-23)31(43)37-18-25-13-8-12-24-11-6-7-14-28(24)25/h3-14,19-22,27,29-30H,15-18H2,1-2H3,(H,36,38)(H,37,43)(H,40,45)(H,41,44)(H3,35,42,46)/t27-,29?,30-/m0/s1. The number of fused-ring (bicyclic) bond motifs is 1. The van der Waals surface area contributed by atoms with Crippen molar-refractivity contribution in [2.45, 2.75) is 51.7 Å². The van der Waals surface area contributed by atoms with Crippen LogP contribution in [0.15, 0.2) is 90.4 Å². The van der Waals surface area contributed by atoms with Gasteiger partial charge in [-0.25, -0.2) is 15.2 Å². The van der Waals surface area contributed by atoms with Crippen LogP contribution in [0.1, 0.15) is 37.1 Å². The number of H-pyrrole nitrogens is 1. The number of aromatic nitrogens is 2. The Morgan fingerprint density at radius 1 is 0.891 bits per heavy atom. The van der Waals surface area contributed by atoms with E-state index >= 15 is 0 Å². The van der Waals surface area contributed by atoms with Crippen LogP contribution in [0.4, 0.5) is 4.79 Å². The van der Waals surface area contributed by atoms with Crippen LogP contribution in [-0.2, 0) is 33.8 Å². The van der Waals surface area contributed by atoms with Crippen molar-refractivity contribution in [2.75, 3.05) is 0 Å². The summed E-state index contributed by atoms with van der Waals surface area (Å²) in [6.45, 7) is 4.18. The molecular formula is C34H40N8O4. The molecule has 0 aliphatic rings. The molecule has 0 aliphatic heterocycles. The lowest BCUT2D eigenvalue weighted by Crippen LogP contribution is -2.54. The van der Waals surface area contributed by atoms with E-state index in [0.29, 0.717) is 12.1 Å². The first-order valence-electron chi connectivity index (χ1n) is 15.1. The van der Waals surface area contributed by atoms with Gasteiger partial charge in [-0.1, -0.05) is 86.6 Å². The van der Waals surface area contributed by atoms with Crippen molar-refractivity contribution in [3.8, 4) is 0 Å². The third-order valence-electron chi connectivity index (χ3n) is 7.34. The first-order chi connectivity index (χ1) is 22.2. The minimum atomic E-state index is -1.12. The highest BCUT2D eigenvalue weighted by molar-refractivity contribution is 6.02. The molecule has 1 aromatic heterocycles. The van der Waals surface area contributed by atoms with Gasteiger partial charge in [-0.15, -0.1) is 0 Å². The normalized spacial score (nSPS) is 13.2. The van der Waals surface area contributed by atoms with Crippen molar-refractivity contribution < 1.29 is 19.2 Å². The summed E-state index contributed by atoms with van der Waals surface area (Å²) in [5.74, 6) is -2.50. The molecule has 12 nitrogen and oxygen atoms in total. The molecular weight excluding hydrogens is 584 g/mol. The molecule has 0 aliphatic carbocycles. The molecule has 0 fully saturated rings. The number of hydrazone groups is 1. The van der Waals surface area contributed by atoms with Crippen LogP contribution in [0.5, 0.6) is 0 Å². The lowest BCUT2D eigenvalue weighted by molar-refractivity contribution is -0.137. The Labute approximate surface area is 267 Å². The van der Waals surface area contributed by atoms with Gasteiger partial charge >= 0.3 is 6.03 Å². The summed E-state index contributed by atoms with van der Waals surface area (Å²) < 4.78 is 0. The Morgan fingerprint density at radius 3 is 2.35 bits per heavy atom. The molecule has 12 heteroatoms. The summed E-state index contributed by atoms with van der Waals surface area (Å²) in [6.07, 6.45) is 5.17. The van der Waals surface area contributed by atoms with Crippen molar-refractivity contribution in [1.29, 1.82) is 0 Å². The Balaban J connectivity index is 1.55. The molecule has 5 amide bonds. The second-order valence-electron chi connectivity index (χ2n) is 11.4. The topological polar surface area (TPSA) is 183 Å². The third kappa shape index (κ3) is 10.0. The number of carbonyl (C=O) groups excluding carboxylic acids is 4. The third-order valence-corrected chi connectivity index (χ3v) is 7.34. The van der Waals surface area contributed by atoms with E-state index in [4.69, 9.17) is 5.73 Å². The second-order valence-corrected chi connectivity index (χ2v) is 11.4. The van der Waals surface area contributed by atoms with E-state index in [0.717, 1.165) is 21.9 Å². The molecule has 3 atom stereocenters. The highest BCUT2D eigenvalue weighted by Gasteiger charge is 2.32. The van der Waals surface area contributed by atoms with E-state index in [1.54, 1.807) is 6.20 Å². The van der Waals surface area contributed by atoms with E-state index in [9.17, 15) is 19.2 Å².